The largest absolute Gasteiger partial charge is 0.380 e. The molecule has 0 aliphatic carbocycles. The lowest BCUT2D eigenvalue weighted by Gasteiger charge is -2.32. The van der Waals surface area contributed by atoms with Crippen molar-refractivity contribution in [1.29, 1.82) is 0 Å². The van der Waals surface area contributed by atoms with Crippen molar-refractivity contribution in [1.82, 2.24) is 4.98 Å². The van der Waals surface area contributed by atoms with Crippen LogP contribution < -0.4 is 10.2 Å². The van der Waals surface area contributed by atoms with Crippen LogP contribution in [0, 0.1) is 13.8 Å². The van der Waals surface area contributed by atoms with Gasteiger partial charge in [-0.05, 0) is 26.3 Å². The zero-order valence-electron chi connectivity index (χ0n) is 9.80. The summed E-state index contributed by atoms with van der Waals surface area (Å²) in [5.74, 6) is 0. The van der Waals surface area contributed by atoms with Gasteiger partial charge in [-0.1, -0.05) is 6.92 Å². The Bertz CT molecular complexity index is 360. The standard InChI is InChI=1S/C12H19N3/c1-4-6-15-7-5-13-12-10(3)14-9(2)8-11(12)15/h8,13H,4-7H2,1-3H3. The van der Waals surface area contributed by atoms with Gasteiger partial charge in [-0.15, -0.1) is 0 Å². The number of aromatic nitrogens is 1. The zero-order chi connectivity index (χ0) is 10.8. The fourth-order valence-electron chi connectivity index (χ4n) is 2.21. The molecule has 1 N–H and O–H groups in total. The summed E-state index contributed by atoms with van der Waals surface area (Å²) in [5.41, 5.74) is 4.77. The summed E-state index contributed by atoms with van der Waals surface area (Å²) in [6, 6.07) is 2.18. The maximum Gasteiger partial charge on any atom is 0.0795 e. The minimum Gasteiger partial charge on any atom is -0.380 e. The molecule has 3 nitrogen and oxygen atoms in total. The van der Waals surface area contributed by atoms with E-state index in [1.165, 1.54) is 17.8 Å². The van der Waals surface area contributed by atoms with Gasteiger partial charge in [0.25, 0.3) is 0 Å². The van der Waals surface area contributed by atoms with E-state index in [1.807, 2.05) is 0 Å². The van der Waals surface area contributed by atoms with Gasteiger partial charge in [0.15, 0.2) is 0 Å². The number of pyridine rings is 1. The molecule has 0 saturated heterocycles. The van der Waals surface area contributed by atoms with E-state index in [2.05, 4.69) is 42.0 Å². The van der Waals surface area contributed by atoms with Gasteiger partial charge in [0.2, 0.25) is 0 Å². The van der Waals surface area contributed by atoms with Crippen LogP contribution in [0.3, 0.4) is 0 Å². The Morgan fingerprint density at radius 3 is 3.00 bits per heavy atom. The van der Waals surface area contributed by atoms with E-state index in [0.29, 0.717) is 0 Å². The fourth-order valence-corrected chi connectivity index (χ4v) is 2.21. The lowest BCUT2D eigenvalue weighted by atomic mass is 10.1. The number of nitrogens with zero attached hydrogens (tertiary/aromatic N) is 2. The topological polar surface area (TPSA) is 28.2 Å². The van der Waals surface area contributed by atoms with Crippen LogP contribution in [-0.4, -0.2) is 24.6 Å². The molecule has 0 saturated carbocycles. The van der Waals surface area contributed by atoms with Crippen LogP contribution >= 0.6 is 0 Å². The number of aryl methyl sites for hydroxylation is 2. The zero-order valence-corrected chi connectivity index (χ0v) is 9.80. The normalized spacial score (nSPS) is 14.7. The minimum atomic E-state index is 1.03. The van der Waals surface area contributed by atoms with E-state index in [1.54, 1.807) is 0 Å². The van der Waals surface area contributed by atoms with Crippen LogP contribution in [0.5, 0.6) is 0 Å². The molecule has 1 aliphatic rings. The van der Waals surface area contributed by atoms with E-state index in [4.69, 9.17) is 0 Å². The van der Waals surface area contributed by atoms with Crippen molar-refractivity contribution in [3.05, 3.63) is 17.5 Å². The van der Waals surface area contributed by atoms with E-state index in [0.717, 1.165) is 31.0 Å². The third-order valence-corrected chi connectivity index (χ3v) is 2.83. The first-order valence-corrected chi connectivity index (χ1v) is 5.69. The Hall–Kier alpha value is -1.25. The van der Waals surface area contributed by atoms with E-state index >= 15 is 0 Å². The van der Waals surface area contributed by atoms with E-state index < -0.39 is 0 Å². The van der Waals surface area contributed by atoms with Crippen molar-refractivity contribution in [3.63, 3.8) is 0 Å². The molecule has 2 heterocycles. The summed E-state index contributed by atoms with van der Waals surface area (Å²) >= 11 is 0. The number of fused-ring (bicyclic) bond motifs is 1. The minimum absolute atomic E-state index is 1.03. The second kappa shape index (κ2) is 4.09. The van der Waals surface area contributed by atoms with E-state index in [-0.39, 0.29) is 0 Å². The average molecular weight is 205 g/mol. The fraction of sp³-hybridized carbons (Fsp3) is 0.583. The smallest absolute Gasteiger partial charge is 0.0795 e. The Morgan fingerprint density at radius 1 is 1.47 bits per heavy atom. The summed E-state index contributed by atoms with van der Waals surface area (Å²) in [7, 11) is 0. The molecule has 0 amide bonds. The Labute approximate surface area is 91.5 Å². The van der Waals surface area contributed by atoms with Crippen molar-refractivity contribution >= 4 is 11.4 Å². The molecular weight excluding hydrogens is 186 g/mol. The second-order valence-corrected chi connectivity index (χ2v) is 4.16. The third kappa shape index (κ3) is 1.91. The second-order valence-electron chi connectivity index (χ2n) is 4.16. The first-order valence-electron chi connectivity index (χ1n) is 5.69. The van der Waals surface area contributed by atoms with Gasteiger partial charge >= 0.3 is 0 Å². The van der Waals surface area contributed by atoms with Gasteiger partial charge in [-0.25, -0.2) is 0 Å². The molecule has 3 heteroatoms. The molecule has 0 fully saturated rings. The summed E-state index contributed by atoms with van der Waals surface area (Å²) < 4.78 is 0. The van der Waals surface area contributed by atoms with Crippen LogP contribution in [0.2, 0.25) is 0 Å². The molecule has 0 aromatic carbocycles. The SMILES string of the molecule is CCCN1CCNc2c1cc(C)nc2C. The quantitative estimate of drug-likeness (QED) is 0.803. The predicted octanol–water partition coefficient (Wildman–Crippen LogP) is 2.34. The Kier molecular flexibility index (Phi) is 2.80. The summed E-state index contributed by atoms with van der Waals surface area (Å²) in [4.78, 5) is 6.94. The van der Waals surface area contributed by atoms with Crippen LogP contribution in [0.15, 0.2) is 6.07 Å². The molecule has 15 heavy (non-hydrogen) atoms. The van der Waals surface area contributed by atoms with Gasteiger partial charge in [-0.3, -0.25) is 4.98 Å². The average Bonchev–Trinajstić information content (AvgIpc) is 2.19. The van der Waals surface area contributed by atoms with Gasteiger partial charge < -0.3 is 10.2 Å². The molecule has 0 unspecified atom stereocenters. The molecule has 0 radical (unpaired) electrons. The highest BCUT2D eigenvalue weighted by atomic mass is 15.2. The van der Waals surface area contributed by atoms with Crippen LogP contribution in [-0.2, 0) is 0 Å². The molecule has 1 aromatic rings. The van der Waals surface area contributed by atoms with Crippen molar-refractivity contribution in [2.75, 3.05) is 29.9 Å². The van der Waals surface area contributed by atoms with Crippen LogP contribution in [0.1, 0.15) is 24.7 Å². The number of nitrogens with one attached hydrogen (secondary N) is 1. The molecule has 1 aliphatic heterocycles. The molecule has 0 spiro atoms. The highest BCUT2D eigenvalue weighted by Crippen LogP contribution is 2.31. The highest BCUT2D eigenvalue weighted by Gasteiger charge is 2.18. The molecule has 1 aromatic heterocycles. The molecule has 82 valence electrons. The van der Waals surface area contributed by atoms with Gasteiger partial charge in [-0.2, -0.15) is 0 Å². The van der Waals surface area contributed by atoms with Gasteiger partial charge in [0, 0.05) is 25.3 Å². The maximum atomic E-state index is 4.49. The number of anilines is 2. The first kappa shape index (κ1) is 10.3. The van der Waals surface area contributed by atoms with Gasteiger partial charge in [0.1, 0.15) is 0 Å². The molecule has 0 atom stereocenters. The Morgan fingerprint density at radius 2 is 2.27 bits per heavy atom. The molecule has 0 bridgehead atoms. The maximum absolute atomic E-state index is 4.49. The highest BCUT2D eigenvalue weighted by molar-refractivity contribution is 5.74. The molecular formula is C12H19N3. The summed E-state index contributed by atoms with van der Waals surface area (Å²) in [6.07, 6.45) is 1.19. The van der Waals surface area contributed by atoms with Gasteiger partial charge in [0.05, 0.1) is 17.1 Å². The monoisotopic (exact) mass is 205 g/mol. The van der Waals surface area contributed by atoms with Crippen LogP contribution in [0.25, 0.3) is 0 Å². The lowest BCUT2D eigenvalue weighted by Crippen LogP contribution is -2.35. The third-order valence-electron chi connectivity index (χ3n) is 2.83. The lowest BCUT2D eigenvalue weighted by molar-refractivity contribution is 0.756. The van der Waals surface area contributed by atoms with Crippen molar-refractivity contribution in [2.45, 2.75) is 27.2 Å². The number of hydrogen-bond donors (Lipinski definition) is 1. The number of rotatable bonds is 2. The molecule has 2 rings (SSSR count). The van der Waals surface area contributed by atoms with Crippen LogP contribution in [0.4, 0.5) is 11.4 Å². The summed E-state index contributed by atoms with van der Waals surface area (Å²) in [6.45, 7) is 9.63. The first-order chi connectivity index (χ1) is 7.22. The summed E-state index contributed by atoms with van der Waals surface area (Å²) in [5, 5.41) is 3.44. The predicted molar refractivity (Wildman–Crippen MR) is 64.7 cm³/mol. The Balaban J connectivity index is 2.41. The van der Waals surface area contributed by atoms with Crippen molar-refractivity contribution < 1.29 is 0 Å². The van der Waals surface area contributed by atoms with Crippen molar-refractivity contribution in [2.24, 2.45) is 0 Å². The van der Waals surface area contributed by atoms with E-state index in [9.17, 15) is 0 Å². The number of hydrogen-bond acceptors (Lipinski definition) is 3. The van der Waals surface area contributed by atoms with Crippen molar-refractivity contribution in [3.8, 4) is 0 Å².